The second kappa shape index (κ2) is 9.62. The van der Waals surface area contributed by atoms with E-state index >= 15 is 0 Å². The van der Waals surface area contributed by atoms with Crippen molar-refractivity contribution in [1.29, 1.82) is 0 Å². The number of esters is 2. The zero-order valence-corrected chi connectivity index (χ0v) is 19.8. The van der Waals surface area contributed by atoms with Crippen LogP contribution >= 0.6 is 0 Å². The van der Waals surface area contributed by atoms with E-state index in [2.05, 4.69) is 5.32 Å². The molecule has 0 fully saturated rings. The molecule has 7 heteroatoms. The lowest BCUT2D eigenvalue weighted by Crippen LogP contribution is -2.52. The topological polar surface area (TPSA) is 90.9 Å². The molecule has 3 aromatic carbocycles. The van der Waals surface area contributed by atoms with Crippen molar-refractivity contribution in [3.63, 3.8) is 0 Å². The summed E-state index contributed by atoms with van der Waals surface area (Å²) < 4.78 is 17.0. The van der Waals surface area contributed by atoms with Crippen LogP contribution in [0.2, 0.25) is 0 Å². The molecule has 0 saturated heterocycles. The van der Waals surface area contributed by atoms with Crippen LogP contribution in [-0.4, -0.2) is 23.6 Å². The second-order valence-electron chi connectivity index (χ2n) is 9.22. The van der Waals surface area contributed by atoms with E-state index in [0.717, 1.165) is 5.56 Å². The zero-order chi connectivity index (χ0) is 25.1. The largest absolute Gasteiger partial charge is 0.457 e. The van der Waals surface area contributed by atoms with Gasteiger partial charge in [-0.3, -0.25) is 0 Å². The van der Waals surface area contributed by atoms with E-state index in [1.807, 2.05) is 36.4 Å². The molecule has 180 valence electrons. The number of benzene rings is 3. The highest BCUT2D eigenvalue weighted by molar-refractivity contribution is 6.01. The summed E-state index contributed by atoms with van der Waals surface area (Å²) in [6.45, 7) is 5.20. The van der Waals surface area contributed by atoms with Crippen LogP contribution < -0.4 is 5.32 Å². The van der Waals surface area contributed by atoms with E-state index in [0.29, 0.717) is 11.1 Å². The van der Waals surface area contributed by atoms with Crippen molar-refractivity contribution in [1.82, 2.24) is 5.32 Å². The minimum atomic E-state index is -1.95. The Morgan fingerprint density at radius 2 is 1.51 bits per heavy atom. The molecule has 1 amide bonds. The number of hydrogen-bond donors (Lipinski definition) is 1. The van der Waals surface area contributed by atoms with E-state index in [1.54, 1.807) is 69.3 Å². The molecule has 1 heterocycles. The van der Waals surface area contributed by atoms with Crippen molar-refractivity contribution in [2.45, 2.75) is 44.6 Å². The molecule has 0 radical (unpaired) electrons. The molecule has 2 atom stereocenters. The highest BCUT2D eigenvalue weighted by atomic mass is 16.6. The van der Waals surface area contributed by atoms with Gasteiger partial charge in [-0.05, 0) is 38.0 Å². The minimum absolute atomic E-state index is 0.0317. The molecule has 0 aromatic heterocycles. The summed E-state index contributed by atoms with van der Waals surface area (Å²) in [6.07, 6.45) is -0.772. The lowest BCUT2D eigenvalue weighted by atomic mass is 9.81. The molecular weight excluding hydrogens is 446 g/mol. The van der Waals surface area contributed by atoms with Crippen molar-refractivity contribution >= 4 is 18.0 Å². The summed E-state index contributed by atoms with van der Waals surface area (Å²) >= 11 is 0. The van der Waals surface area contributed by atoms with Gasteiger partial charge < -0.3 is 19.5 Å². The van der Waals surface area contributed by atoms with Gasteiger partial charge in [-0.15, -0.1) is 0 Å². The van der Waals surface area contributed by atoms with Crippen molar-refractivity contribution in [2.75, 3.05) is 0 Å². The number of ether oxygens (including phenoxy) is 3. The van der Waals surface area contributed by atoms with E-state index in [4.69, 9.17) is 14.2 Å². The first-order chi connectivity index (χ1) is 16.7. The Morgan fingerprint density at radius 1 is 0.914 bits per heavy atom. The van der Waals surface area contributed by atoms with E-state index in [9.17, 15) is 14.4 Å². The molecule has 1 aliphatic rings. The van der Waals surface area contributed by atoms with Gasteiger partial charge in [-0.1, -0.05) is 78.9 Å². The SMILES string of the molecule is CC(C)(C)OC(=O)[C@@]1([C@@H](NC(=O)OCc2ccccc2)c2ccccc2)OC(=O)c2ccccc21. The van der Waals surface area contributed by atoms with Crippen molar-refractivity contribution in [2.24, 2.45) is 0 Å². The average molecular weight is 474 g/mol. The second-order valence-corrected chi connectivity index (χ2v) is 9.22. The van der Waals surface area contributed by atoms with Gasteiger partial charge in [0.05, 0.1) is 5.56 Å². The Kier molecular flexibility index (Phi) is 6.60. The number of nitrogens with one attached hydrogen (secondary N) is 1. The van der Waals surface area contributed by atoms with E-state index in [-0.39, 0.29) is 12.2 Å². The van der Waals surface area contributed by atoms with Crippen LogP contribution in [0, 0.1) is 0 Å². The molecule has 7 nitrogen and oxygen atoms in total. The van der Waals surface area contributed by atoms with Crippen LogP contribution in [0.1, 0.15) is 53.9 Å². The third-order valence-electron chi connectivity index (χ3n) is 5.52. The molecule has 0 bridgehead atoms. The van der Waals surface area contributed by atoms with Crippen LogP contribution in [0.25, 0.3) is 0 Å². The van der Waals surface area contributed by atoms with Crippen LogP contribution in [-0.2, 0) is 31.2 Å². The van der Waals surface area contributed by atoms with Gasteiger partial charge in [-0.2, -0.15) is 0 Å². The van der Waals surface area contributed by atoms with Gasteiger partial charge in [0.1, 0.15) is 18.2 Å². The molecule has 1 aliphatic heterocycles. The summed E-state index contributed by atoms with van der Waals surface area (Å²) in [5.74, 6) is -1.47. The first-order valence-electron chi connectivity index (χ1n) is 11.3. The number of hydrogen-bond acceptors (Lipinski definition) is 6. The van der Waals surface area contributed by atoms with Crippen LogP contribution in [0.15, 0.2) is 84.9 Å². The summed E-state index contributed by atoms with van der Waals surface area (Å²) in [7, 11) is 0. The molecule has 0 saturated carbocycles. The lowest BCUT2D eigenvalue weighted by Gasteiger charge is -2.37. The summed E-state index contributed by atoms with van der Waals surface area (Å²) in [5.41, 5.74) is -0.926. The maximum atomic E-state index is 13.8. The molecule has 0 unspecified atom stereocenters. The monoisotopic (exact) mass is 473 g/mol. The Morgan fingerprint density at radius 3 is 2.17 bits per heavy atom. The Hall–Kier alpha value is -4.13. The molecular formula is C28H27NO6. The fourth-order valence-corrected chi connectivity index (χ4v) is 4.03. The molecule has 35 heavy (non-hydrogen) atoms. The van der Waals surface area contributed by atoms with Gasteiger partial charge in [0.15, 0.2) is 0 Å². The van der Waals surface area contributed by atoms with Crippen LogP contribution in [0.5, 0.6) is 0 Å². The highest BCUT2D eigenvalue weighted by Gasteiger charge is 2.60. The standard InChI is InChI=1S/C28H27NO6/c1-27(2,3)35-25(31)28(22-17-11-10-16-21(22)24(30)34-28)23(20-14-8-5-9-15-20)29-26(32)33-18-19-12-6-4-7-13-19/h4-17,23H,18H2,1-3H3,(H,29,32)/t23-,28+/m0/s1. The van der Waals surface area contributed by atoms with Crippen LogP contribution in [0.3, 0.4) is 0 Å². The summed E-state index contributed by atoms with van der Waals surface area (Å²) in [4.78, 5) is 39.7. The normalized spacial score (nSPS) is 17.6. The van der Waals surface area contributed by atoms with E-state index in [1.165, 1.54) is 0 Å². The number of fused-ring (bicyclic) bond motifs is 1. The Bertz CT molecular complexity index is 1220. The van der Waals surface area contributed by atoms with Crippen molar-refractivity contribution in [3.05, 3.63) is 107 Å². The summed E-state index contributed by atoms with van der Waals surface area (Å²) in [5, 5.41) is 2.78. The fraction of sp³-hybridized carbons (Fsp3) is 0.250. The molecule has 1 N–H and O–H groups in total. The van der Waals surface area contributed by atoms with E-state index < -0.39 is 35.3 Å². The average Bonchev–Trinajstić information content (AvgIpc) is 3.15. The number of carbonyl (C=O) groups excluding carboxylic acids is 3. The number of cyclic esters (lactones) is 1. The van der Waals surface area contributed by atoms with Gasteiger partial charge >= 0.3 is 18.0 Å². The molecule has 0 spiro atoms. The molecule has 4 rings (SSSR count). The predicted molar refractivity (Wildman–Crippen MR) is 128 cm³/mol. The Balaban J connectivity index is 1.77. The third kappa shape index (κ3) is 5.04. The summed E-state index contributed by atoms with van der Waals surface area (Å²) in [6, 6.07) is 23.5. The maximum Gasteiger partial charge on any atom is 0.408 e. The van der Waals surface area contributed by atoms with Crippen molar-refractivity contribution < 1.29 is 28.6 Å². The lowest BCUT2D eigenvalue weighted by molar-refractivity contribution is -0.181. The zero-order valence-electron chi connectivity index (χ0n) is 19.8. The number of carbonyl (C=O) groups is 3. The first-order valence-corrected chi connectivity index (χ1v) is 11.3. The van der Waals surface area contributed by atoms with Crippen LogP contribution in [0.4, 0.5) is 4.79 Å². The van der Waals surface area contributed by atoms with Gasteiger partial charge in [0.2, 0.25) is 0 Å². The maximum absolute atomic E-state index is 13.8. The smallest absolute Gasteiger partial charge is 0.408 e. The molecule has 0 aliphatic carbocycles. The fourth-order valence-electron chi connectivity index (χ4n) is 4.03. The number of rotatable bonds is 6. The van der Waals surface area contributed by atoms with Gasteiger partial charge in [-0.25, -0.2) is 14.4 Å². The number of amides is 1. The molecule has 3 aromatic rings. The van der Waals surface area contributed by atoms with Crippen molar-refractivity contribution in [3.8, 4) is 0 Å². The first kappa shape index (κ1) is 24.0. The predicted octanol–water partition coefficient (Wildman–Crippen LogP) is 5.06. The quantitative estimate of drug-likeness (QED) is 0.397. The Labute approximate surface area is 204 Å². The van der Waals surface area contributed by atoms with Gasteiger partial charge in [0, 0.05) is 5.56 Å². The number of alkyl carbamates (subject to hydrolysis) is 1. The van der Waals surface area contributed by atoms with Gasteiger partial charge in [0.25, 0.3) is 5.60 Å². The third-order valence-corrected chi connectivity index (χ3v) is 5.52. The minimum Gasteiger partial charge on any atom is -0.457 e. The highest BCUT2D eigenvalue weighted by Crippen LogP contribution is 2.47.